The van der Waals surface area contributed by atoms with Crippen LogP contribution in [0, 0.1) is 18.8 Å². The lowest BCUT2D eigenvalue weighted by Gasteiger charge is -2.19. The van der Waals surface area contributed by atoms with E-state index in [1.54, 1.807) is 17.4 Å². The van der Waals surface area contributed by atoms with Gasteiger partial charge in [-0.05, 0) is 74.3 Å². The first-order valence-electron chi connectivity index (χ1n) is 11.2. The number of hydrogen-bond acceptors (Lipinski definition) is 4. The van der Waals surface area contributed by atoms with Crippen molar-refractivity contribution in [3.05, 3.63) is 84.0 Å². The molecule has 1 N–H and O–H groups in total. The van der Waals surface area contributed by atoms with Crippen LogP contribution in [0.15, 0.2) is 56.1 Å². The number of thiophene rings is 1. The minimum Gasteiger partial charge on any atom is -0.507 e. The molecule has 2 aliphatic carbocycles. The third-order valence-corrected chi connectivity index (χ3v) is 8.18. The van der Waals surface area contributed by atoms with Crippen molar-refractivity contribution in [2.45, 2.75) is 57.3 Å². The molecule has 5 heteroatoms. The molecule has 0 spiro atoms. The van der Waals surface area contributed by atoms with Gasteiger partial charge in [-0.2, -0.15) is 0 Å². The van der Waals surface area contributed by atoms with Gasteiger partial charge in [0, 0.05) is 32.1 Å². The molecule has 0 amide bonds. The summed E-state index contributed by atoms with van der Waals surface area (Å²) in [7, 11) is 0. The Labute approximate surface area is 195 Å². The minimum atomic E-state index is -0.366. The number of aryl methyl sites for hydroxylation is 1. The Bertz CT molecular complexity index is 1120. The summed E-state index contributed by atoms with van der Waals surface area (Å²) in [6.45, 7) is 2.08. The van der Waals surface area contributed by atoms with Crippen LogP contribution in [0.4, 0.5) is 0 Å². The molecule has 2 aromatic heterocycles. The predicted octanol–water partition coefficient (Wildman–Crippen LogP) is 7.15. The second-order valence-electron chi connectivity index (χ2n) is 9.21. The summed E-state index contributed by atoms with van der Waals surface area (Å²) < 4.78 is 7.00. The Kier molecular flexibility index (Phi) is 5.82. The van der Waals surface area contributed by atoms with E-state index in [0.29, 0.717) is 23.2 Å². The van der Waals surface area contributed by atoms with Gasteiger partial charge < -0.3 is 9.52 Å². The van der Waals surface area contributed by atoms with Crippen LogP contribution in [-0.2, 0) is 6.42 Å². The maximum absolute atomic E-state index is 13.2. The minimum absolute atomic E-state index is 0.0580. The summed E-state index contributed by atoms with van der Waals surface area (Å²) in [6.07, 6.45) is 6.47. The van der Waals surface area contributed by atoms with E-state index in [1.807, 2.05) is 12.1 Å². The normalized spacial score (nSPS) is 18.1. The maximum Gasteiger partial charge on any atom is 0.343 e. The van der Waals surface area contributed by atoms with Crippen LogP contribution in [0.3, 0.4) is 0 Å². The first-order valence-corrected chi connectivity index (χ1v) is 12.8. The highest BCUT2D eigenvalue weighted by molar-refractivity contribution is 9.10. The average Bonchev–Trinajstić information content (AvgIpc) is 3.66. The van der Waals surface area contributed by atoms with E-state index in [9.17, 15) is 9.90 Å². The molecule has 2 atom stereocenters. The van der Waals surface area contributed by atoms with Gasteiger partial charge >= 0.3 is 5.63 Å². The Morgan fingerprint density at radius 2 is 1.87 bits per heavy atom. The summed E-state index contributed by atoms with van der Waals surface area (Å²) in [5.41, 5.74) is 1.29. The molecule has 1 aromatic carbocycles. The molecule has 0 bridgehead atoms. The van der Waals surface area contributed by atoms with Gasteiger partial charge in [0.1, 0.15) is 11.5 Å². The third kappa shape index (κ3) is 4.83. The lowest BCUT2D eigenvalue weighted by molar-refractivity contribution is 0.371. The zero-order valence-electron chi connectivity index (χ0n) is 17.6. The van der Waals surface area contributed by atoms with Gasteiger partial charge in [0.05, 0.1) is 5.56 Å². The van der Waals surface area contributed by atoms with Gasteiger partial charge in [0.25, 0.3) is 0 Å². The van der Waals surface area contributed by atoms with Gasteiger partial charge in [0.2, 0.25) is 0 Å². The first kappa shape index (κ1) is 21.0. The number of halogens is 1. The van der Waals surface area contributed by atoms with Crippen LogP contribution < -0.4 is 5.63 Å². The summed E-state index contributed by atoms with van der Waals surface area (Å²) >= 11 is 5.20. The van der Waals surface area contributed by atoms with Crippen LogP contribution in [0.1, 0.15) is 70.6 Å². The molecular formula is C26H27BrO3S. The number of rotatable bonds is 8. The van der Waals surface area contributed by atoms with Crippen molar-refractivity contribution in [1.82, 2.24) is 0 Å². The largest absolute Gasteiger partial charge is 0.507 e. The van der Waals surface area contributed by atoms with Gasteiger partial charge in [0.15, 0.2) is 0 Å². The monoisotopic (exact) mass is 498 g/mol. The molecule has 0 aliphatic heterocycles. The fourth-order valence-electron chi connectivity index (χ4n) is 4.62. The fraction of sp³-hybridized carbons (Fsp3) is 0.423. The van der Waals surface area contributed by atoms with Gasteiger partial charge in [-0.3, -0.25) is 0 Å². The van der Waals surface area contributed by atoms with Crippen molar-refractivity contribution in [3.8, 4) is 5.75 Å². The highest BCUT2D eigenvalue weighted by Crippen LogP contribution is 2.49. The topological polar surface area (TPSA) is 50.4 Å². The average molecular weight is 499 g/mol. The lowest BCUT2D eigenvalue weighted by atomic mass is 9.89. The van der Waals surface area contributed by atoms with Crippen molar-refractivity contribution >= 4 is 27.3 Å². The summed E-state index contributed by atoms with van der Waals surface area (Å²) in [6, 6.07) is 14.2. The van der Waals surface area contributed by atoms with Gasteiger partial charge in [-0.25, -0.2) is 4.79 Å². The molecule has 31 heavy (non-hydrogen) atoms. The molecule has 0 radical (unpaired) electrons. The highest BCUT2D eigenvalue weighted by atomic mass is 79.9. The van der Waals surface area contributed by atoms with Crippen molar-refractivity contribution in [2.75, 3.05) is 0 Å². The number of hydrogen-bond donors (Lipinski definition) is 1. The van der Waals surface area contributed by atoms with Crippen LogP contribution in [-0.4, -0.2) is 5.11 Å². The lowest BCUT2D eigenvalue weighted by Crippen LogP contribution is -2.17. The van der Waals surface area contributed by atoms with Crippen molar-refractivity contribution in [3.63, 3.8) is 0 Å². The number of aromatic hydroxyl groups is 1. The van der Waals surface area contributed by atoms with E-state index in [-0.39, 0.29) is 23.2 Å². The summed E-state index contributed by atoms with van der Waals surface area (Å²) in [4.78, 5) is 15.6. The van der Waals surface area contributed by atoms with Crippen LogP contribution in [0.2, 0.25) is 0 Å². The SMILES string of the molecule is Cc1ccc(C(c2c(O)cc(C(Cc3ccc(Br)cc3)CC3CC3)oc2=O)C2CC2)s1. The predicted molar refractivity (Wildman–Crippen MR) is 128 cm³/mol. The van der Waals surface area contributed by atoms with E-state index < -0.39 is 0 Å². The van der Waals surface area contributed by atoms with Crippen molar-refractivity contribution < 1.29 is 9.52 Å². The molecule has 5 rings (SSSR count). The van der Waals surface area contributed by atoms with E-state index in [2.05, 4.69) is 47.1 Å². The van der Waals surface area contributed by atoms with Crippen LogP contribution in [0.25, 0.3) is 0 Å². The molecule has 2 aliphatic rings. The molecule has 2 saturated carbocycles. The summed E-state index contributed by atoms with van der Waals surface area (Å²) in [5.74, 6) is 1.88. The van der Waals surface area contributed by atoms with Gasteiger partial charge in [-0.15, -0.1) is 11.3 Å². The molecule has 2 fully saturated rings. The zero-order valence-corrected chi connectivity index (χ0v) is 20.0. The van der Waals surface area contributed by atoms with E-state index in [4.69, 9.17) is 4.42 Å². The number of benzene rings is 1. The molecule has 162 valence electrons. The molecular weight excluding hydrogens is 472 g/mol. The van der Waals surface area contributed by atoms with Crippen LogP contribution in [0.5, 0.6) is 5.75 Å². The van der Waals surface area contributed by atoms with Gasteiger partial charge in [-0.1, -0.05) is 40.9 Å². The quantitative estimate of drug-likeness (QED) is 0.358. The van der Waals surface area contributed by atoms with Crippen molar-refractivity contribution in [1.29, 1.82) is 0 Å². The Hall–Kier alpha value is -1.85. The molecule has 2 heterocycles. The van der Waals surface area contributed by atoms with Crippen molar-refractivity contribution in [2.24, 2.45) is 11.8 Å². The third-order valence-electron chi connectivity index (χ3n) is 6.57. The Balaban J connectivity index is 1.48. The Morgan fingerprint density at radius 1 is 1.13 bits per heavy atom. The standard InChI is InChI=1S/C26H27BrO3S/c1-15-2-11-23(31-15)24(18-7-8-18)25-21(28)14-22(30-26(25)29)19(12-16-3-4-16)13-17-5-9-20(27)10-6-17/h2,5-6,9-11,14,16,18-19,24,28H,3-4,7-8,12-13H2,1H3. The first-order chi connectivity index (χ1) is 15.0. The second-order valence-corrected chi connectivity index (χ2v) is 11.4. The maximum atomic E-state index is 13.2. The van der Waals surface area contributed by atoms with E-state index in [0.717, 1.165) is 35.0 Å². The summed E-state index contributed by atoms with van der Waals surface area (Å²) in [5, 5.41) is 11.0. The van der Waals surface area contributed by atoms with E-state index in [1.165, 1.54) is 23.3 Å². The smallest absolute Gasteiger partial charge is 0.343 e. The molecule has 3 aromatic rings. The fourth-order valence-corrected chi connectivity index (χ4v) is 5.96. The molecule has 0 saturated heterocycles. The zero-order chi connectivity index (χ0) is 21.5. The Morgan fingerprint density at radius 3 is 2.45 bits per heavy atom. The van der Waals surface area contributed by atoms with E-state index >= 15 is 0 Å². The highest BCUT2D eigenvalue weighted by Gasteiger charge is 2.38. The molecule has 2 unspecified atom stereocenters. The molecule has 3 nitrogen and oxygen atoms in total. The van der Waals surface area contributed by atoms with Crippen LogP contribution >= 0.6 is 27.3 Å². The second kappa shape index (κ2) is 8.59.